The number of hydrogen-bond donors (Lipinski definition) is 4. The highest BCUT2D eigenvalue weighted by Crippen LogP contribution is 2.14. The van der Waals surface area contributed by atoms with E-state index in [1.807, 2.05) is 60.7 Å². The second-order valence-corrected chi connectivity index (χ2v) is 8.79. The number of nitrogens with two attached hydrogens (primary N) is 2. The molecule has 0 aliphatic heterocycles. The number of nitrogen functional groups attached to an aromatic ring is 2. The molecular formula is C28H32N6O8. The molecule has 3 aromatic rings. The van der Waals surface area contributed by atoms with E-state index in [0.29, 0.717) is 0 Å². The smallest absolute Gasteiger partial charge is 0.330 e. The van der Waals surface area contributed by atoms with Crippen molar-refractivity contribution in [1.82, 2.24) is 20.6 Å². The summed E-state index contributed by atoms with van der Waals surface area (Å²) in [6.07, 6.45) is 0. The summed E-state index contributed by atoms with van der Waals surface area (Å²) in [4.78, 5) is 58.1. The van der Waals surface area contributed by atoms with E-state index in [2.05, 4.69) is 20.6 Å². The number of ether oxygens (including phenoxy) is 4. The number of carbonyl (C=O) groups is 4. The maximum Gasteiger partial charge on any atom is 0.330 e. The van der Waals surface area contributed by atoms with E-state index in [4.69, 9.17) is 30.4 Å². The second-order valence-electron chi connectivity index (χ2n) is 8.79. The molecule has 2 atom stereocenters. The lowest BCUT2D eigenvalue weighted by molar-refractivity contribution is -0.145. The van der Waals surface area contributed by atoms with Crippen molar-refractivity contribution in [2.45, 2.75) is 25.3 Å². The number of amides is 2. The number of carbonyl (C=O) groups excluding carboxylic acids is 4. The van der Waals surface area contributed by atoms with Crippen molar-refractivity contribution < 1.29 is 38.1 Å². The van der Waals surface area contributed by atoms with Gasteiger partial charge in [0.15, 0.2) is 35.1 Å². The molecule has 3 rings (SSSR count). The van der Waals surface area contributed by atoms with Crippen molar-refractivity contribution in [3.63, 3.8) is 0 Å². The Balaban J connectivity index is 1.66. The molecule has 0 unspecified atom stereocenters. The molecule has 0 saturated carbocycles. The van der Waals surface area contributed by atoms with Crippen LogP contribution in [0, 0.1) is 0 Å². The molecule has 2 aromatic carbocycles. The van der Waals surface area contributed by atoms with Crippen LogP contribution in [0.25, 0.3) is 0 Å². The molecule has 0 bridgehead atoms. The van der Waals surface area contributed by atoms with Gasteiger partial charge in [-0.25, -0.2) is 19.6 Å². The molecule has 42 heavy (non-hydrogen) atoms. The Labute approximate surface area is 241 Å². The van der Waals surface area contributed by atoms with E-state index in [-0.39, 0.29) is 26.4 Å². The zero-order chi connectivity index (χ0) is 30.5. The van der Waals surface area contributed by atoms with Gasteiger partial charge in [-0.05, 0) is 11.1 Å². The molecule has 0 aliphatic rings. The number of anilines is 2. The van der Waals surface area contributed by atoms with Crippen LogP contribution < -0.4 is 22.1 Å². The monoisotopic (exact) mass is 580 g/mol. The molecule has 1 aromatic heterocycles. The maximum absolute atomic E-state index is 12.9. The van der Waals surface area contributed by atoms with E-state index in [9.17, 15) is 19.2 Å². The average Bonchev–Trinajstić information content (AvgIpc) is 3.01. The minimum absolute atomic E-state index is 0.187. The summed E-state index contributed by atoms with van der Waals surface area (Å²) in [5.74, 6) is -4.24. The number of hydrogen-bond acceptors (Lipinski definition) is 12. The fourth-order valence-electron chi connectivity index (χ4n) is 3.61. The number of methoxy groups -OCH3 is 2. The maximum atomic E-state index is 12.9. The Morgan fingerprint density at radius 3 is 1.36 bits per heavy atom. The topological polar surface area (TPSA) is 207 Å². The quantitative estimate of drug-likeness (QED) is 0.194. The van der Waals surface area contributed by atoms with E-state index in [1.165, 1.54) is 0 Å². The Morgan fingerprint density at radius 1 is 0.667 bits per heavy atom. The van der Waals surface area contributed by atoms with Crippen LogP contribution in [0.15, 0.2) is 60.7 Å². The number of rotatable bonds is 14. The number of nitrogens with zero attached hydrogens (tertiary/aromatic N) is 2. The van der Waals surface area contributed by atoms with Crippen LogP contribution in [0.4, 0.5) is 11.6 Å². The highest BCUT2D eigenvalue weighted by molar-refractivity contribution is 6.02. The third-order valence-electron chi connectivity index (χ3n) is 5.75. The van der Waals surface area contributed by atoms with E-state index in [1.54, 1.807) is 0 Å². The van der Waals surface area contributed by atoms with Crippen LogP contribution in [0.3, 0.4) is 0 Å². The van der Waals surface area contributed by atoms with Gasteiger partial charge in [0.25, 0.3) is 11.8 Å². The highest BCUT2D eigenvalue weighted by atomic mass is 16.5. The van der Waals surface area contributed by atoms with Gasteiger partial charge in [-0.2, -0.15) is 0 Å². The van der Waals surface area contributed by atoms with E-state index >= 15 is 0 Å². The first-order chi connectivity index (χ1) is 20.2. The zero-order valence-electron chi connectivity index (χ0n) is 23.1. The molecule has 2 amide bonds. The first kappa shape index (κ1) is 31.4. The molecule has 0 spiro atoms. The van der Waals surface area contributed by atoms with Crippen molar-refractivity contribution in [3.05, 3.63) is 83.2 Å². The van der Waals surface area contributed by atoms with Gasteiger partial charge >= 0.3 is 11.9 Å². The van der Waals surface area contributed by atoms with Crippen molar-refractivity contribution in [1.29, 1.82) is 0 Å². The Morgan fingerprint density at radius 2 is 1.02 bits per heavy atom. The van der Waals surface area contributed by atoms with Crippen molar-refractivity contribution in [3.8, 4) is 0 Å². The van der Waals surface area contributed by atoms with Crippen LogP contribution >= 0.6 is 0 Å². The fourth-order valence-corrected chi connectivity index (χ4v) is 3.61. The third-order valence-corrected chi connectivity index (χ3v) is 5.75. The number of esters is 2. The highest BCUT2D eigenvalue weighted by Gasteiger charge is 2.28. The summed E-state index contributed by atoms with van der Waals surface area (Å²) in [5.41, 5.74) is 12.7. The van der Waals surface area contributed by atoms with E-state index < -0.39 is 58.9 Å². The van der Waals surface area contributed by atoms with Crippen molar-refractivity contribution in [2.24, 2.45) is 0 Å². The summed E-state index contributed by atoms with van der Waals surface area (Å²) in [5, 5.41) is 4.85. The van der Waals surface area contributed by atoms with Crippen LogP contribution in [0.5, 0.6) is 0 Å². The molecule has 222 valence electrons. The normalized spacial score (nSPS) is 12.0. The number of aromatic nitrogens is 2. The molecular weight excluding hydrogens is 548 g/mol. The van der Waals surface area contributed by atoms with Crippen LogP contribution in [0.2, 0.25) is 0 Å². The van der Waals surface area contributed by atoms with Crippen molar-refractivity contribution >= 4 is 35.4 Å². The SMILES string of the molecule is COC(=O)[C@@H](COCc1ccccc1)NC(=O)c1nc(N)c(C(=O)N[C@H](COCc2ccccc2)C(=O)OC)nc1N. The fraction of sp³-hybridized carbons (Fsp3) is 0.286. The van der Waals surface area contributed by atoms with Gasteiger partial charge in [0.05, 0.1) is 40.6 Å². The molecule has 14 nitrogen and oxygen atoms in total. The molecule has 14 heteroatoms. The predicted octanol–water partition coefficient (Wildman–Crippen LogP) is 0.617. The van der Waals surface area contributed by atoms with Gasteiger partial charge in [-0.15, -0.1) is 0 Å². The van der Waals surface area contributed by atoms with E-state index in [0.717, 1.165) is 25.3 Å². The Hall–Kier alpha value is -5.08. The number of benzene rings is 2. The molecule has 1 heterocycles. The summed E-state index contributed by atoms with van der Waals surface area (Å²) < 4.78 is 20.6. The first-order valence-corrected chi connectivity index (χ1v) is 12.7. The lowest BCUT2D eigenvalue weighted by Crippen LogP contribution is -2.46. The van der Waals surface area contributed by atoms with Crippen LogP contribution in [-0.4, -0.2) is 73.2 Å². The molecule has 0 fully saturated rings. The lowest BCUT2D eigenvalue weighted by atomic mass is 10.2. The second kappa shape index (κ2) is 15.6. The third kappa shape index (κ3) is 8.97. The van der Waals surface area contributed by atoms with Gasteiger partial charge in [0.1, 0.15) is 0 Å². The van der Waals surface area contributed by atoms with Gasteiger partial charge < -0.3 is 41.0 Å². The van der Waals surface area contributed by atoms with Gasteiger partial charge in [0.2, 0.25) is 0 Å². The van der Waals surface area contributed by atoms with Crippen molar-refractivity contribution in [2.75, 3.05) is 38.9 Å². The zero-order valence-corrected chi connectivity index (χ0v) is 23.1. The minimum Gasteiger partial charge on any atom is -0.467 e. The summed E-state index contributed by atoms with van der Waals surface area (Å²) in [7, 11) is 2.32. The molecule has 6 N–H and O–H groups in total. The van der Waals surface area contributed by atoms with Gasteiger partial charge in [-0.3, -0.25) is 9.59 Å². The van der Waals surface area contributed by atoms with Gasteiger partial charge in [0, 0.05) is 0 Å². The summed E-state index contributed by atoms with van der Waals surface area (Å²) in [6.45, 7) is -0.0463. The summed E-state index contributed by atoms with van der Waals surface area (Å²) >= 11 is 0. The minimum atomic E-state index is -1.20. The first-order valence-electron chi connectivity index (χ1n) is 12.7. The number of nitrogens with one attached hydrogen (secondary N) is 2. The average molecular weight is 581 g/mol. The molecule has 0 saturated heterocycles. The van der Waals surface area contributed by atoms with Gasteiger partial charge in [-0.1, -0.05) is 60.7 Å². The largest absolute Gasteiger partial charge is 0.467 e. The Bertz CT molecular complexity index is 1270. The van der Waals surface area contributed by atoms with Crippen LogP contribution in [-0.2, 0) is 41.8 Å². The summed E-state index contributed by atoms with van der Waals surface area (Å²) in [6, 6.07) is 16.0. The lowest BCUT2D eigenvalue weighted by Gasteiger charge is -2.18. The standard InChI is InChI=1S/C28H32N6O8/c1-39-27(37)19(15-41-13-17-9-5-3-6-10-17)31-25(35)21-23(29)34-22(24(30)33-21)26(36)32-20(28(38)40-2)16-42-14-18-11-7-4-8-12-18/h3-12,19-20H,13-16H2,1-2H3,(H2,30,33)(H2,29,34)(H,31,35)(H,32,36)/t19-,20-/m1/s1. The molecule has 0 aliphatic carbocycles. The van der Waals surface area contributed by atoms with Crippen LogP contribution in [0.1, 0.15) is 32.1 Å². The Kier molecular flexibility index (Phi) is 11.7. The molecule has 0 radical (unpaired) electrons. The predicted molar refractivity (Wildman–Crippen MR) is 150 cm³/mol.